The van der Waals surface area contributed by atoms with Crippen molar-refractivity contribution >= 4 is 105 Å². The highest BCUT2D eigenvalue weighted by molar-refractivity contribution is 6.07. The number of anilines is 6. The second-order valence-electron chi connectivity index (χ2n) is 32.8. The molecule has 10 rings (SSSR count). The summed E-state index contributed by atoms with van der Waals surface area (Å²) in [7, 11) is 0. The lowest BCUT2D eigenvalue weighted by Gasteiger charge is -2.32. The van der Waals surface area contributed by atoms with E-state index >= 15 is 8.78 Å². The molecule has 584 valence electrons. The van der Waals surface area contributed by atoms with Gasteiger partial charge in [0.1, 0.15) is 82.0 Å². The van der Waals surface area contributed by atoms with E-state index in [1.807, 2.05) is 13.8 Å². The minimum absolute atomic E-state index is 0.0258. The topological polar surface area (TPSA) is 342 Å². The predicted molar refractivity (Wildman–Crippen MR) is 399 cm³/mol. The first kappa shape index (κ1) is 81.3. The van der Waals surface area contributed by atoms with Crippen molar-refractivity contribution in [1.82, 2.24) is 29.7 Å². The average Bonchev–Trinajstić information content (AvgIpc) is 0.982. The zero-order valence-electron chi connectivity index (χ0n) is 65.3. The highest BCUT2D eigenvalue weighted by atomic mass is 19.1. The first-order valence-electron chi connectivity index (χ1n) is 35.4. The van der Waals surface area contributed by atoms with Gasteiger partial charge in [-0.15, -0.1) is 0 Å². The monoisotopic (exact) mass is 1500 g/mol. The molecule has 4 aliphatic rings. The number of aromatic nitrogens is 4. The maximum Gasteiger partial charge on any atom is 0.415 e. The molecule has 0 radical (unpaired) electrons. The second kappa shape index (κ2) is 31.2. The minimum atomic E-state index is -0.901. The molecule has 0 unspecified atom stereocenters. The first-order valence-corrected chi connectivity index (χ1v) is 35.4. The quantitative estimate of drug-likeness (QED) is 0.103. The minimum Gasteiger partial charge on any atom is -0.474 e. The average molecular weight is 1510 g/mol. The van der Waals surface area contributed by atoms with Gasteiger partial charge in [0.05, 0.1) is 37.6 Å². The third-order valence-electron chi connectivity index (χ3n) is 16.5. The van der Waals surface area contributed by atoms with E-state index in [9.17, 15) is 38.4 Å². The molecule has 0 saturated carbocycles. The van der Waals surface area contributed by atoms with Crippen molar-refractivity contribution < 1.29 is 94.5 Å². The molecule has 8 heterocycles. The molecule has 0 spiro atoms. The largest absolute Gasteiger partial charge is 0.474 e. The summed E-state index contributed by atoms with van der Waals surface area (Å²) in [4.78, 5) is 127. The lowest BCUT2D eigenvalue weighted by atomic mass is 9.96. The van der Waals surface area contributed by atoms with Gasteiger partial charge < -0.3 is 57.2 Å². The van der Waals surface area contributed by atoms with E-state index in [-0.39, 0.29) is 108 Å². The summed E-state index contributed by atoms with van der Waals surface area (Å²) in [5.41, 5.74) is -2.88. The summed E-state index contributed by atoms with van der Waals surface area (Å²) < 4.78 is 89.4. The van der Waals surface area contributed by atoms with Gasteiger partial charge in [0.15, 0.2) is 11.6 Å². The van der Waals surface area contributed by atoms with Crippen molar-refractivity contribution in [3.05, 3.63) is 71.8 Å². The molecule has 8 amide bonds. The van der Waals surface area contributed by atoms with Crippen molar-refractivity contribution in [1.29, 1.82) is 0 Å². The van der Waals surface area contributed by atoms with Crippen molar-refractivity contribution in [2.24, 2.45) is 11.8 Å². The zero-order chi connectivity index (χ0) is 79.8. The Morgan fingerprint density at radius 1 is 0.417 bits per heavy atom. The van der Waals surface area contributed by atoms with Gasteiger partial charge in [-0.2, -0.15) is 0 Å². The van der Waals surface area contributed by atoms with Crippen LogP contribution in [0.15, 0.2) is 49.1 Å². The highest BCUT2D eigenvalue weighted by Crippen LogP contribution is 2.46. The summed E-state index contributed by atoms with van der Waals surface area (Å²) in [6, 6.07) is 6.06. The summed E-state index contributed by atoms with van der Waals surface area (Å²) in [6.07, 6.45) is -1.38. The molecule has 4 atom stereocenters. The molecular formula is C76H98F2N12O18. The van der Waals surface area contributed by atoms with Gasteiger partial charge in [-0.05, 0) is 185 Å². The summed E-state index contributed by atoms with van der Waals surface area (Å²) in [5.74, 6) is -1.44. The fraction of sp³-hybridized carbons (Fsp3) is 0.526. The Morgan fingerprint density at radius 3 is 1.06 bits per heavy atom. The van der Waals surface area contributed by atoms with Crippen LogP contribution in [0.1, 0.15) is 150 Å². The van der Waals surface area contributed by atoms with Crippen LogP contribution in [-0.4, -0.2) is 177 Å². The Morgan fingerprint density at radius 2 is 0.741 bits per heavy atom. The van der Waals surface area contributed by atoms with Crippen LogP contribution in [0.3, 0.4) is 0 Å². The van der Waals surface area contributed by atoms with Crippen LogP contribution in [0.4, 0.5) is 81.5 Å². The molecule has 4 aliphatic heterocycles. The Hall–Kier alpha value is -10.8. The number of benzene rings is 2. The lowest BCUT2D eigenvalue weighted by Crippen LogP contribution is -2.42. The molecule has 2 aromatic carbocycles. The molecular weight excluding hydrogens is 1410 g/mol. The number of amides is 8. The third kappa shape index (κ3) is 20.5. The molecule has 0 bridgehead atoms. The van der Waals surface area contributed by atoms with E-state index in [4.69, 9.17) is 47.4 Å². The Balaban J connectivity index is 0.000000249. The smallest absolute Gasteiger partial charge is 0.415 e. The van der Waals surface area contributed by atoms with Crippen LogP contribution in [-0.2, 0) is 37.9 Å². The van der Waals surface area contributed by atoms with Gasteiger partial charge >= 0.3 is 48.7 Å². The van der Waals surface area contributed by atoms with Crippen molar-refractivity contribution in [3.63, 3.8) is 0 Å². The summed E-state index contributed by atoms with van der Waals surface area (Å²) in [6.45, 7) is 40.1. The molecule has 4 N–H and O–H groups in total. The number of carbonyl (C=O) groups is 8. The van der Waals surface area contributed by atoms with Crippen LogP contribution in [0.2, 0.25) is 0 Å². The van der Waals surface area contributed by atoms with E-state index in [2.05, 4.69) is 41.2 Å². The second-order valence-corrected chi connectivity index (χ2v) is 32.8. The lowest BCUT2D eigenvalue weighted by molar-refractivity contribution is 0.0255. The number of hydrogen-bond acceptors (Lipinski definition) is 22. The molecule has 2 fully saturated rings. The van der Waals surface area contributed by atoms with Gasteiger partial charge in [0.25, 0.3) is 0 Å². The van der Waals surface area contributed by atoms with Gasteiger partial charge in [-0.1, -0.05) is 13.8 Å². The van der Waals surface area contributed by atoms with E-state index in [0.29, 0.717) is 57.5 Å². The van der Waals surface area contributed by atoms with Crippen LogP contribution in [0.25, 0.3) is 43.8 Å². The number of nitrogens with one attached hydrogen (secondary N) is 4. The van der Waals surface area contributed by atoms with Crippen molar-refractivity contribution in [3.8, 4) is 34.0 Å². The fourth-order valence-electron chi connectivity index (χ4n) is 12.0. The Labute approximate surface area is 625 Å². The van der Waals surface area contributed by atoms with Crippen LogP contribution >= 0.6 is 0 Å². The zero-order valence-corrected chi connectivity index (χ0v) is 65.3. The number of likely N-dealkylation sites (tertiary alicyclic amines) is 2. The first-order chi connectivity index (χ1) is 50.0. The molecule has 30 nitrogen and oxygen atoms in total. The molecule has 0 aliphatic carbocycles. The normalized spacial score (nSPS) is 17.3. The number of hydrogen-bond donors (Lipinski definition) is 4. The number of carbonyl (C=O) groups excluding carboxylic acids is 8. The SMILES string of the molecule is Cc1c(-c2cc3cc(NC(=O)O[C@@H]4CN(C(=O)OC(C)(C)C)C[C@@H]4C)ncc3c(NC(=O)OC(C)(C)C)c2F)cnc2c1N(C(=O)OC(C)(C)C)CCO2.Cc1c(-c2cc3cc(NC(=O)O[C@H]4CN(C(=O)OC(C)(C)C)C[C@H]4C)ncc3c(NC(=O)OC(C)(C)C)c2F)cnc2c1N(C(=O)OC(C)(C)C)CCO2. The number of nitrogens with zero attached hydrogens (tertiary/aromatic N) is 8. The number of rotatable bonds is 8. The predicted octanol–water partition coefficient (Wildman–Crippen LogP) is 16.1. The van der Waals surface area contributed by atoms with Crippen molar-refractivity contribution in [2.75, 3.05) is 83.5 Å². The number of ether oxygens (including phenoxy) is 10. The standard InChI is InChI=1S/2C38H49FN6O9/c2*1-20-18-44(34(48)53-37(6,7)8)19-26(20)51-32(46)42-27-15-22-14-23(28(39)29(25(22)17-40-27)43-33(47)52-36(3,4)5)24-16-41-31-30(21(24)2)45(12-13-50-31)35(49)54-38(9,10)11/h2*14-17,20,26H,12-13,18-19H2,1-11H3,(H,43,47)(H,40,42,46)/t2*20-,26+/m10/s1. The van der Waals surface area contributed by atoms with E-state index < -0.39 is 106 Å². The molecule has 6 aromatic rings. The Kier molecular flexibility index (Phi) is 23.5. The molecule has 2 saturated heterocycles. The molecule has 4 aromatic heterocycles. The highest BCUT2D eigenvalue weighted by Gasteiger charge is 2.41. The van der Waals surface area contributed by atoms with Crippen LogP contribution < -0.4 is 40.5 Å². The van der Waals surface area contributed by atoms with Crippen molar-refractivity contribution in [2.45, 2.75) is 198 Å². The maximum atomic E-state index is 16.7. The molecule has 108 heavy (non-hydrogen) atoms. The van der Waals surface area contributed by atoms with E-state index in [1.54, 1.807) is 138 Å². The van der Waals surface area contributed by atoms with Gasteiger partial charge in [0.2, 0.25) is 11.8 Å². The van der Waals surface area contributed by atoms with Gasteiger partial charge in [0, 0.05) is 82.7 Å². The number of halogens is 2. The van der Waals surface area contributed by atoms with Gasteiger partial charge in [-0.25, -0.2) is 67.1 Å². The Bertz CT molecular complexity index is 4220. The summed E-state index contributed by atoms with van der Waals surface area (Å²) >= 11 is 0. The number of pyridine rings is 4. The third-order valence-corrected chi connectivity index (χ3v) is 16.5. The molecule has 32 heteroatoms. The fourth-order valence-corrected chi connectivity index (χ4v) is 12.0. The van der Waals surface area contributed by atoms with E-state index in [1.165, 1.54) is 68.7 Å². The van der Waals surface area contributed by atoms with E-state index in [0.717, 1.165) is 0 Å². The maximum absolute atomic E-state index is 16.7. The van der Waals surface area contributed by atoms with Crippen LogP contribution in [0.5, 0.6) is 11.8 Å². The van der Waals surface area contributed by atoms with Crippen LogP contribution in [0, 0.1) is 37.3 Å². The number of fused-ring (bicyclic) bond motifs is 4. The van der Waals surface area contributed by atoms with Gasteiger partial charge in [-0.3, -0.25) is 31.1 Å². The summed E-state index contributed by atoms with van der Waals surface area (Å²) in [5, 5.41) is 11.5.